The van der Waals surface area contributed by atoms with E-state index < -0.39 is 48.3 Å². The minimum Gasteiger partial charge on any atom is -0.348 e. The van der Waals surface area contributed by atoms with Gasteiger partial charge in [-0.25, -0.2) is 13.8 Å². The molecular formula is C34H36F2N6O3. The third-order valence-corrected chi connectivity index (χ3v) is 8.48. The smallest absolute Gasteiger partial charge is 0.270 e. The lowest BCUT2D eigenvalue weighted by molar-refractivity contribution is -0.138. The van der Waals surface area contributed by atoms with Gasteiger partial charge in [0.2, 0.25) is 11.8 Å². The maximum absolute atomic E-state index is 14.6. The number of pyridine rings is 2. The minimum atomic E-state index is -1.37. The number of alkyl halides is 1. The first-order valence-corrected chi connectivity index (χ1v) is 15.4. The molecular weight excluding hydrogens is 578 g/mol. The predicted octanol–water partition coefficient (Wildman–Crippen LogP) is 4.12. The molecule has 3 amide bonds. The van der Waals surface area contributed by atoms with Crippen LogP contribution in [0.4, 0.5) is 8.78 Å². The molecule has 3 atom stereocenters. The van der Waals surface area contributed by atoms with Gasteiger partial charge in [-0.2, -0.15) is 0 Å². The largest absolute Gasteiger partial charge is 0.348 e. The summed E-state index contributed by atoms with van der Waals surface area (Å²) in [5, 5.41) is 9.43. The van der Waals surface area contributed by atoms with E-state index in [0.29, 0.717) is 16.8 Å². The van der Waals surface area contributed by atoms with Gasteiger partial charge in [-0.1, -0.05) is 24.3 Å². The highest BCUT2D eigenvalue weighted by Gasteiger charge is 2.40. The Bertz CT molecular complexity index is 1690. The van der Waals surface area contributed by atoms with E-state index in [9.17, 15) is 23.2 Å². The molecule has 0 bridgehead atoms. The summed E-state index contributed by atoms with van der Waals surface area (Å²) in [5.41, 5.74) is 4.22. The number of fused-ring (bicyclic) bond motifs is 1. The fraction of sp³-hybridized carbons (Fsp3) is 0.382. The molecule has 1 saturated heterocycles. The molecule has 0 radical (unpaired) electrons. The molecule has 3 aromatic rings. The van der Waals surface area contributed by atoms with Crippen molar-refractivity contribution in [1.82, 2.24) is 30.8 Å². The number of carbonyl (C=O) groups is 3. The molecule has 1 aromatic carbocycles. The third-order valence-electron chi connectivity index (χ3n) is 8.48. The number of halogens is 2. The van der Waals surface area contributed by atoms with Gasteiger partial charge in [0, 0.05) is 24.5 Å². The van der Waals surface area contributed by atoms with Gasteiger partial charge in [0.15, 0.2) is 0 Å². The van der Waals surface area contributed by atoms with Gasteiger partial charge in [0.1, 0.15) is 23.7 Å². The van der Waals surface area contributed by atoms with Crippen LogP contribution in [-0.2, 0) is 9.59 Å². The maximum Gasteiger partial charge on any atom is 0.270 e. The molecule has 2 aliphatic heterocycles. The van der Waals surface area contributed by atoms with Crippen LogP contribution in [0, 0.1) is 11.7 Å². The van der Waals surface area contributed by atoms with E-state index >= 15 is 0 Å². The second-order valence-corrected chi connectivity index (χ2v) is 11.9. The lowest BCUT2D eigenvalue weighted by atomic mass is 9.98. The Morgan fingerprint density at radius 3 is 2.80 bits per heavy atom. The number of rotatable bonds is 9. The first-order chi connectivity index (χ1) is 21.7. The van der Waals surface area contributed by atoms with Crippen molar-refractivity contribution in [3.63, 3.8) is 0 Å². The van der Waals surface area contributed by atoms with Crippen molar-refractivity contribution in [2.24, 2.45) is 5.92 Å². The second kappa shape index (κ2) is 13.2. The number of amides is 3. The molecule has 9 nitrogen and oxygen atoms in total. The quantitative estimate of drug-likeness (QED) is 0.334. The fourth-order valence-corrected chi connectivity index (χ4v) is 5.81. The minimum absolute atomic E-state index is 0.0536. The van der Waals surface area contributed by atoms with Crippen LogP contribution < -0.4 is 16.0 Å². The van der Waals surface area contributed by atoms with E-state index in [0.717, 1.165) is 41.9 Å². The van der Waals surface area contributed by atoms with Crippen LogP contribution in [0.5, 0.6) is 0 Å². The highest BCUT2D eigenvalue weighted by atomic mass is 19.1. The maximum atomic E-state index is 14.6. The van der Waals surface area contributed by atoms with E-state index in [1.165, 1.54) is 42.0 Å². The van der Waals surface area contributed by atoms with Crippen LogP contribution in [0.15, 0.2) is 54.7 Å². The van der Waals surface area contributed by atoms with E-state index in [1.807, 2.05) is 25.3 Å². The SMILES string of the molecule is C[C@@H](NC(=O)C1C[C@@H](F)CN1C(=O)CNC(=O)c1ccc2cc(F)ccc2n1)c1cc(C2=CCCNC2)ncc1/C=C/C1CC1. The molecule has 45 heavy (non-hydrogen) atoms. The van der Waals surface area contributed by atoms with Gasteiger partial charge in [0.25, 0.3) is 5.91 Å². The van der Waals surface area contributed by atoms with Crippen molar-refractivity contribution in [2.75, 3.05) is 26.2 Å². The number of nitrogens with zero attached hydrogens (tertiary/aromatic N) is 3. The van der Waals surface area contributed by atoms with Crippen LogP contribution in [0.25, 0.3) is 22.6 Å². The van der Waals surface area contributed by atoms with Crippen LogP contribution in [0.3, 0.4) is 0 Å². The number of nitrogens with one attached hydrogen (secondary N) is 3. The van der Waals surface area contributed by atoms with E-state index in [-0.39, 0.29) is 18.7 Å². The second-order valence-electron chi connectivity index (χ2n) is 11.9. The van der Waals surface area contributed by atoms with Crippen molar-refractivity contribution in [3.8, 4) is 0 Å². The number of likely N-dealkylation sites (tertiary alicyclic amines) is 1. The average molecular weight is 615 g/mol. The Hall–Kier alpha value is -4.51. The Morgan fingerprint density at radius 2 is 2.02 bits per heavy atom. The average Bonchev–Trinajstić information content (AvgIpc) is 3.80. The molecule has 1 unspecified atom stereocenters. The molecule has 1 aliphatic carbocycles. The molecule has 3 aliphatic rings. The molecule has 234 valence electrons. The van der Waals surface area contributed by atoms with Gasteiger partial charge in [-0.05, 0) is 85.7 Å². The third kappa shape index (κ3) is 7.25. The topological polar surface area (TPSA) is 116 Å². The lowest BCUT2D eigenvalue weighted by Crippen LogP contribution is -2.49. The zero-order valence-corrected chi connectivity index (χ0v) is 25.1. The Labute approximate surface area is 260 Å². The summed E-state index contributed by atoms with van der Waals surface area (Å²) in [5.74, 6) is -1.49. The summed E-state index contributed by atoms with van der Waals surface area (Å²) in [7, 11) is 0. The lowest BCUT2D eigenvalue weighted by Gasteiger charge is -2.26. The number of carbonyl (C=O) groups excluding carboxylic acids is 3. The Morgan fingerprint density at radius 1 is 1.18 bits per heavy atom. The Kier molecular flexibility index (Phi) is 8.97. The van der Waals surface area contributed by atoms with Crippen molar-refractivity contribution in [3.05, 3.63) is 83.1 Å². The number of allylic oxidation sites excluding steroid dienone is 1. The zero-order valence-electron chi connectivity index (χ0n) is 25.1. The molecule has 6 rings (SSSR count). The molecule has 1 saturated carbocycles. The van der Waals surface area contributed by atoms with E-state index in [4.69, 9.17) is 4.98 Å². The van der Waals surface area contributed by atoms with Crippen molar-refractivity contribution in [2.45, 2.75) is 50.9 Å². The first kappa shape index (κ1) is 30.5. The standard InChI is InChI=1S/C34H36F2N6O3/c1-20(27-15-30(24-3-2-12-37-16-24)38-17-23(27)7-6-21-4-5-21)40-34(45)31-14-26(36)19-42(31)32(43)18-39-33(44)29-10-8-22-13-25(35)9-11-28(22)41-29/h3,6-11,13,15,17,20-21,26,31,37H,2,4-5,12,14,16,18-19H2,1H3,(H,39,44)(H,40,45)/b7-6+/t20-,26-,31?/m1/s1. The molecule has 11 heteroatoms. The summed E-state index contributed by atoms with van der Waals surface area (Å²) in [6.45, 7) is 2.84. The summed E-state index contributed by atoms with van der Waals surface area (Å²) >= 11 is 0. The van der Waals surface area contributed by atoms with Gasteiger partial charge in [-0.15, -0.1) is 0 Å². The Balaban J connectivity index is 1.13. The van der Waals surface area contributed by atoms with Crippen LogP contribution >= 0.6 is 0 Å². The van der Waals surface area contributed by atoms with Crippen LogP contribution in [0.2, 0.25) is 0 Å². The van der Waals surface area contributed by atoms with E-state index in [2.05, 4.69) is 33.1 Å². The van der Waals surface area contributed by atoms with Gasteiger partial charge >= 0.3 is 0 Å². The molecule has 2 fully saturated rings. The highest BCUT2D eigenvalue weighted by Crippen LogP contribution is 2.32. The summed E-state index contributed by atoms with van der Waals surface area (Å²) in [6.07, 6.45) is 9.97. The zero-order chi connectivity index (χ0) is 31.5. The van der Waals surface area contributed by atoms with Crippen LogP contribution in [-0.4, -0.2) is 71.0 Å². The highest BCUT2D eigenvalue weighted by molar-refractivity contribution is 5.97. The summed E-state index contributed by atoms with van der Waals surface area (Å²) < 4.78 is 28.1. The van der Waals surface area contributed by atoms with Gasteiger partial charge < -0.3 is 20.9 Å². The first-order valence-electron chi connectivity index (χ1n) is 15.4. The normalized spacial score (nSPS) is 20.7. The fourth-order valence-electron chi connectivity index (χ4n) is 5.81. The number of benzene rings is 1. The summed E-state index contributed by atoms with van der Waals surface area (Å²) in [4.78, 5) is 49.5. The van der Waals surface area contributed by atoms with Crippen molar-refractivity contribution < 1.29 is 23.2 Å². The molecule has 0 spiro atoms. The monoisotopic (exact) mass is 614 g/mol. The van der Waals surface area contributed by atoms with Crippen molar-refractivity contribution >= 4 is 40.3 Å². The molecule has 3 N–H and O–H groups in total. The predicted molar refractivity (Wildman–Crippen MR) is 167 cm³/mol. The number of aromatic nitrogens is 2. The molecule has 4 heterocycles. The van der Waals surface area contributed by atoms with Crippen molar-refractivity contribution in [1.29, 1.82) is 0 Å². The molecule has 2 aromatic heterocycles. The van der Waals surface area contributed by atoms with E-state index in [1.54, 1.807) is 6.07 Å². The number of hydrogen-bond acceptors (Lipinski definition) is 6. The van der Waals surface area contributed by atoms with Gasteiger partial charge in [0.05, 0.1) is 30.3 Å². The summed E-state index contributed by atoms with van der Waals surface area (Å²) in [6, 6.07) is 7.58. The van der Waals surface area contributed by atoms with Gasteiger partial charge in [-0.3, -0.25) is 19.4 Å². The van der Waals surface area contributed by atoms with Crippen LogP contribution in [0.1, 0.15) is 66.0 Å². The number of hydrogen-bond donors (Lipinski definition) is 3.